The van der Waals surface area contributed by atoms with Gasteiger partial charge in [-0.15, -0.1) is 13.2 Å². The van der Waals surface area contributed by atoms with Crippen molar-refractivity contribution < 1.29 is 27.4 Å². The molecule has 0 bridgehead atoms. The van der Waals surface area contributed by atoms with E-state index in [0.717, 1.165) is 50.3 Å². The lowest BCUT2D eigenvalue weighted by atomic mass is 9.93. The van der Waals surface area contributed by atoms with Gasteiger partial charge in [0.25, 0.3) is 0 Å². The van der Waals surface area contributed by atoms with Crippen molar-refractivity contribution in [2.75, 3.05) is 31.2 Å². The first-order valence-electron chi connectivity index (χ1n) is 10.6. The van der Waals surface area contributed by atoms with Gasteiger partial charge in [0.15, 0.2) is 0 Å². The van der Waals surface area contributed by atoms with E-state index in [1.54, 1.807) is 12.1 Å². The van der Waals surface area contributed by atoms with E-state index in [4.69, 9.17) is 9.47 Å². The highest BCUT2D eigenvalue weighted by Gasteiger charge is 2.30. The molecule has 1 atom stereocenters. The zero-order valence-electron chi connectivity index (χ0n) is 17.2. The number of rotatable bonds is 8. The molecule has 0 unspecified atom stereocenters. The van der Waals surface area contributed by atoms with E-state index < -0.39 is 6.36 Å². The first kappa shape index (κ1) is 21.6. The molecule has 2 aromatic carbocycles. The van der Waals surface area contributed by atoms with E-state index in [1.807, 2.05) is 18.2 Å². The van der Waals surface area contributed by atoms with Crippen molar-refractivity contribution in [3.05, 3.63) is 60.2 Å². The Morgan fingerprint density at radius 1 is 0.968 bits per heavy atom. The van der Waals surface area contributed by atoms with Crippen LogP contribution in [0.15, 0.2) is 54.6 Å². The van der Waals surface area contributed by atoms with Crippen molar-refractivity contribution >= 4 is 11.8 Å². The van der Waals surface area contributed by atoms with Gasteiger partial charge in [-0.1, -0.05) is 24.3 Å². The van der Waals surface area contributed by atoms with Crippen LogP contribution in [0.4, 0.5) is 18.9 Å². The van der Waals surface area contributed by atoms with Crippen LogP contribution >= 0.6 is 0 Å². The van der Waals surface area contributed by atoms with Crippen LogP contribution < -0.4 is 14.4 Å². The van der Waals surface area contributed by atoms with Crippen LogP contribution in [0.5, 0.6) is 11.5 Å². The number of benzene rings is 2. The number of anilines is 1. The number of epoxide rings is 1. The molecule has 31 heavy (non-hydrogen) atoms. The van der Waals surface area contributed by atoms with Crippen molar-refractivity contribution in [2.24, 2.45) is 5.92 Å². The predicted octanol–water partition coefficient (Wildman–Crippen LogP) is 5.68. The molecule has 0 spiro atoms. The molecule has 2 fully saturated rings. The lowest BCUT2D eigenvalue weighted by Crippen LogP contribution is -2.33. The summed E-state index contributed by atoms with van der Waals surface area (Å²) in [5, 5.41) is 0. The Hall–Kier alpha value is -2.67. The SMILES string of the molecule is FC(F)(F)Oc1ccc(C=CCC2CCN(c3ccc(OC[C@H]4CO4)cc3)CC2)cc1. The molecule has 2 saturated heterocycles. The van der Waals surface area contributed by atoms with Crippen LogP contribution in [0.3, 0.4) is 0 Å². The Morgan fingerprint density at radius 3 is 2.23 bits per heavy atom. The van der Waals surface area contributed by atoms with E-state index in [9.17, 15) is 13.2 Å². The highest BCUT2D eigenvalue weighted by atomic mass is 19.4. The van der Waals surface area contributed by atoms with E-state index in [1.165, 1.54) is 17.8 Å². The van der Waals surface area contributed by atoms with Gasteiger partial charge in [-0.2, -0.15) is 0 Å². The standard InChI is InChI=1S/C24H26F3NO3/c25-24(26,27)31-22-8-4-18(5-9-22)2-1-3-19-12-14-28(15-13-19)20-6-10-21(11-7-20)29-16-23-17-30-23/h1-2,4-11,19,23H,3,12-17H2/t23-/m0/s1. The highest BCUT2D eigenvalue weighted by Crippen LogP contribution is 2.28. The lowest BCUT2D eigenvalue weighted by Gasteiger charge is -2.33. The zero-order chi connectivity index (χ0) is 21.7. The van der Waals surface area contributed by atoms with Crippen LogP contribution in [-0.2, 0) is 4.74 Å². The summed E-state index contributed by atoms with van der Waals surface area (Å²) in [6.45, 7) is 3.44. The van der Waals surface area contributed by atoms with Crippen LogP contribution in [0.1, 0.15) is 24.8 Å². The summed E-state index contributed by atoms with van der Waals surface area (Å²) in [7, 11) is 0. The fraction of sp³-hybridized carbons (Fsp3) is 0.417. The molecular formula is C24H26F3NO3. The molecule has 4 nitrogen and oxygen atoms in total. The molecule has 2 aliphatic heterocycles. The van der Waals surface area contributed by atoms with Crippen molar-refractivity contribution in [3.63, 3.8) is 0 Å². The number of nitrogens with zero attached hydrogens (tertiary/aromatic N) is 1. The Labute approximate surface area is 180 Å². The van der Waals surface area contributed by atoms with Crippen LogP contribution in [0.25, 0.3) is 6.08 Å². The van der Waals surface area contributed by atoms with Crippen LogP contribution in [-0.4, -0.2) is 38.8 Å². The maximum atomic E-state index is 12.2. The molecule has 0 radical (unpaired) electrons. The van der Waals surface area contributed by atoms with E-state index in [0.29, 0.717) is 12.5 Å². The highest BCUT2D eigenvalue weighted by molar-refractivity contribution is 5.51. The zero-order valence-corrected chi connectivity index (χ0v) is 17.2. The number of ether oxygens (including phenoxy) is 3. The molecule has 2 aliphatic rings. The van der Waals surface area contributed by atoms with Gasteiger partial charge in [0, 0.05) is 18.8 Å². The first-order valence-corrected chi connectivity index (χ1v) is 10.6. The molecule has 0 saturated carbocycles. The maximum absolute atomic E-state index is 12.2. The average Bonchev–Trinajstić information content (AvgIpc) is 3.58. The molecule has 0 N–H and O–H groups in total. The predicted molar refractivity (Wildman–Crippen MR) is 113 cm³/mol. The van der Waals surface area contributed by atoms with Gasteiger partial charge in [-0.05, 0) is 67.1 Å². The van der Waals surface area contributed by atoms with Gasteiger partial charge in [0.05, 0.1) is 6.61 Å². The van der Waals surface area contributed by atoms with E-state index in [-0.39, 0.29) is 11.9 Å². The minimum atomic E-state index is -4.66. The van der Waals surface area contributed by atoms with Crippen molar-refractivity contribution in [1.82, 2.24) is 0 Å². The Bertz CT molecular complexity index is 853. The molecule has 0 amide bonds. The largest absolute Gasteiger partial charge is 0.573 e. The summed E-state index contributed by atoms with van der Waals surface area (Å²) in [5.74, 6) is 1.28. The maximum Gasteiger partial charge on any atom is 0.573 e. The fourth-order valence-electron chi connectivity index (χ4n) is 3.71. The molecule has 2 aromatic rings. The number of allylic oxidation sites excluding steroid dienone is 1. The Kier molecular flexibility index (Phi) is 6.70. The second-order valence-corrected chi connectivity index (χ2v) is 7.95. The third-order valence-corrected chi connectivity index (χ3v) is 5.55. The van der Waals surface area contributed by atoms with Gasteiger partial charge < -0.3 is 19.1 Å². The summed E-state index contributed by atoms with van der Waals surface area (Å²) >= 11 is 0. The summed E-state index contributed by atoms with van der Waals surface area (Å²) < 4.78 is 51.4. The van der Waals surface area contributed by atoms with Gasteiger partial charge in [0.2, 0.25) is 0 Å². The lowest BCUT2D eigenvalue weighted by molar-refractivity contribution is -0.274. The summed E-state index contributed by atoms with van der Waals surface area (Å²) in [5.41, 5.74) is 2.08. The van der Waals surface area contributed by atoms with Gasteiger partial charge in [-0.25, -0.2) is 0 Å². The normalized spacial score (nSPS) is 19.6. The van der Waals surface area contributed by atoms with Crippen molar-refractivity contribution in [2.45, 2.75) is 31.7 Å². The molecule has 0 aromatic heterocycles. The van der Waals surface area contributed by atoms with Crippen molar-refractivity contribution in [1.29, 1.82) is 0 Å². The topological polar surface area (TPSA) is 34.2 Å². The number of piperidine rings is 1. The van der Waals surface area contributed by atoms with Gasteiger partial charge in [-0.3, -0.25) is 0 Å². The summed E-state index contributed by atoms with van der Waals surface area (Å²) in [6.07, 6.45) is 2.85. The number of hydrogen-bond donors (Lipinski definition) is 0. The van der Waals surface area contributed by atoms with E-state index >= 15 is 0 Å². The number of halogens is 3. The molecule has 0 aliphatic carbocycles. The average molecular weight is 433 g/mol. The summed E-state index contributed by atoms with van der Waals surface area (Å²) in [4.78, 5) is 2.40. The number of alkyl halides is 3. The van der Waals surface area contributed by atoms with Crippen LogP contribution in [0.2, 0.25) is 0 Å². The fourth-order valence-corrected chi connectivity index (χ4v) is 3.71. The smallest absolute Gasteiger partial charge is 0.491 e. The molecular weight excluding hydrogens is 407 g/mol. The first-order chi connectivity index (χ1) is 14.9. The third kappa shape index (κ3) is 6.92. The van der Waals surface area contributed by atoms with E-state index in [2.05, 4.69) is 27.8 Å². The monoisotopic (exact) mass is 433 g/mol. The van der Waals surface area contributed by atoms with Gasteiger partial charge >= 0.3 is 6.36 Å². The Balaban J connectivity index is 1.19. The second kappa shape index (κ2) is 9.64. The second-order valence-electron chi connectivity index (χ2n) is 7.95. The third-order valence-electron chi connectivity index (χ3n) is 5.55. The molecule has 166 valence electrons. The minimum absolute atomic E-state index is 0.200. The minimum Gasteiger partial charge on any atom is -0.491 e. The molecule has 4 rings (SSSR count). The van der Waals surface area contributed by atoms with Gasteiger partial charge in [0.1, 0.15) is 24.2 Å². The number of hydrogen-bond acceptors (Lipinski definition) is 4. The molecule has 7 heteroatoms. The molecule has 2 heterocycles. The Morgan fingerprint density at radius 2 is 1.61 bits per heavy atom. The quantitative estimate of drug-likeness (QED) is 0.502. The van der Waals surface area contributed by atoms with Crippen LogP contribution in [0, 0.1) is 5.92 Å². The van der Waals surface area contributed by atoms with Crippen molar-refractivity contribution in [3.8, 4) is 11.5 Å². The summed E-state index contributed by atoms with van der Waals surface area (Å²) in [6, 6.07) is 14.2.